The van der Waals surface area contributed by atoms with Gasteiger partial charge < -0.3 is 24.1 Å². The third-order valence-corrected chi connectivity index (χ3v) is 4.23. The van der Waals surface area contributed by atoms with Crippen molar-refractivity contribution in [2.45, 2.75) is 25.0 Å². The van der Waals surface area contributed by atoms with Gasteiger partial charge in [-0.25, -0.2) is 4.98 Å². The number of hydrogen-bond acceptors (Lipinski definition) is 5. The Bertz CT molecular complexity index is 473. The Balaban J connectivity index is 1.53. The molecule has 7 heteroatoms. The van der Waals surface area contributed by atoms with Gasteiger partial charge in [0.25, 0.3) is 0 Å². The first-order valence-corrected chi connectivity index (χ1v) is 7.80. The quantitative estimate of drug-likeness (QED) is 0.785. The van der Waals surface area contributed by atoms with Gasteiger partial charge in [-0.3, -0.25) is 4.79 Å². The van der Waals surface area contributed by atoms with E-state index in [9.17, 15) is 4.79 Å². The number of carbonyl (C=O) groups is 1. The van der Waals surface area contributed by atoms with Crippen molar-refractivity contribution in [1.82, 2.24) is 14.9 Å². The number of aromatic nitrogens is 2. The highest BCUT2D eigenvalue weighted by atomic mass is 16.5. The van der Waals surface area contributed by atoms with E-state index >= 15 is 0 Å². The lowest BCUT2D eigenvalue weighted by atomic mass is 9.91. The van der Waals surface area contributed by atoms with Gasteiger partial charge in [-0.2, -0.15) is 0 Å². The van der Waals surface area contributed by atoms with E-state index < -0.39 is 0 Å². The molecule has 1 aromatic rings. The summed E-state index contributed by atoms with van der Waals surface area (Å²) in [5, 5.41) is 0. The molecule has 0 saturated carbocycles. The van der Waals surface area contributed by atoms with Gasteiger partial charge in [-0.15, -0.1) is 0 Å². The predicted octanol–water partition coefficient (Wildman–Crippen LogP) is 0.751. The van der Waals surface area contributed by atoms with E-state index in [0.29, 0.717) is 32.9 Å². The summed E-state index contributed by atoms with van der Waals surface area (Å²) in [6.45, 7) is 3.15. The number of methoxy groups -OCH3 is 1. The number of imidazole rings is 1. The summed E-state index contributed by atoms with van der Waals surface area (Å²) in [4.78, 5) is 21.9. The molecule has 2 aliphatic rings. The van der Waals surface area contributed by atoms with E-state index in [0.717, 1.165) is 18.7 Å². The summed E-state index contributed by atoms with van der Waals surface area (Å²) < 4.78 is 16.4. The lowest BCUT2D eigenvalue weighted by Gasteiger charge is -2.42. The molecule has 0 radical (unpaired) electrons. The monoisotopic (exact) mass is 309 g/mol. The van der Waals surface area contributed by atoms with Crippen LogP contribution in [0.2, 0.25) is 0 Å². The summed E-state index contributed by atoms with van der Waals surface area (Å²) in [6, 6.07) is 0. The Hall–Kier alpha value is -1.44. The van der Waals surface area contributed by atoms with E-state index in [1.165, 1.54) is 0 Å². The number of nitrogens with one attached hydrogen (secondary N) is 1. The smallest absolute Gasteiger partial charge is 0.228 e. The number of hydrogen-bond donors (Lipinski definition) is 1. The average Bonchev–Trinajstić information content (AvgIpc) is 3.03. The molecule has 2 saturated heterocycles. The van der Waals surface area contributed by atoms with Gasteiger partial charge in [0.05, 0.1) is 25.2 Å². The Morgan fingerprint density at radius 2 is 2.36 bits per heavy atom. The molecule has 0 aromatic carbocycles. The second-order valence-electron chi connectivity index (χ2n) is 5.74. The number of carbonyl (C=O) groups excluding carboxylic acids is 1. The van der Waals surface area contributed by atoms with E-state index in [1.54, 1.807) is 19.5 Å². The first-order chi connectivity index (χ1) is 10.8. The van der Waals surface area contributed by atoms with E-state index in [2.05, 4.69) is 9.97 Å². The molecule has 1 N–H and O–H groups in total. The van der Waals surface area contributed by atoms with Gasteiger partial charge in [0.1, 0.15) is 11.9 Å². The SMILES string of the molecule is COCCOC1CN(C(=O)[C@@H]2CCCO[C@H]2c2ncc[nH]2)C1. The Labute approximate surface area is 129 Å². The standard InChI is InChI=1S/C15H23N3O4/c1-20-7-8-21-11-9-18(10-11)15(19)12-3-2-6-22-13(12)14-16-4-5-17-14/h4-5,11-13H,2-3,6-10H2,1H3,(H,16,17)/t12-,13-/m1/s1. The van der Waals surface area contributed by atoms with Crippen LogP contribution in [0.15, 0.2) is 12.4 Å². The van der Waals surface area contributed by atoms with Crippen LogP contribution in [0.25, 0.3) is 0 Å². The Morgan fingerprint density at radius 1 is 1.50 bits per heavy atom. The topological polar surface area (TPSA) is 76.7 Å². The van der Waals surface area contributed by atoms with Gasteiger partial charge in [-0.1, -0.05) is 0 Å². The second kappa shape index (κ2) is 7.21. The van der Waals surface area contributed by atoms with E-state index in [1.807, 2.05) is 4.90 Å². The number of nitrogens with zero attached hydrogens (tertiary/aromatic N) is 2. The zero-order valence-electron chi connectivity index (χ0n) is 12.9. The van der Waals surface area contributed by atoms with Crippen LogP contribution in [-0.4, -0.2) is 66.9 Å². The van der Waals surface area contributed by atoms with Crippen LogP contribution in [0.5, 0.6) is 0 Å². The maximum atomic E-state index is 12.7. The number of likely N-dealkylation sites (tertiary alicyclic amines) is 1. The maximum absolute atomic E-state index is 12.7. The van der Waals surface area contributed by atoms with Crippen molar-refractivity contribution in [3.63, 3.8) is 0 Å². The molecule has 2 atom stereocenters. The van der Waals surface area contributed by atoms with Crippen molar-refractivity contribution in [1.29, 1.82) is 0 Å². The Kier molecular flexibility index (Phi) is 5.07. The summed E-state index contributed by atoms with van der Waals surface area (Å²) in [5.74, 6) is 0.735. The number of ether oxygens (including phenoxy) is 3. The molecule has 122 valence electrons. The zero-order chi connectivity index (χ0) is 15.4. The van der Waals surface area contributed by atoms with Crippen molar-refractivity contribution < 1.29 is 19.0 Å². The van der Waals surface area contributed by atoms with Crippen LogP contribution in [-0.2, 0) is 19.0 Å². The largest absolute Gasteiger partial charge is 0.382 e. The fraction of sp³-hybridized carbons (Fsp3) is 0.733. The van der Waals surface area contributed by atoms with Gasteiger partial charge in [0.2, 0.25) is 5.91 Å². The molecule has 0 aliphatic carbocycles. The van der Waals surface area contributed by atoms with E-state index in [4.69, 9.17) is 14.2 Å². The molecule has 2 aliphatic heterocycles. The minimum atomic E-state index is -0.260. The molecule has 1 amide bonds. The molecule has 3 heterocycles. The van der Waals surface area contributed by atoms with Crippen LogP contribution in [0, 0.1) is 5.92 Å². The summed E-state index contributed by atoms with van der Waals surface area (Å²) in [6.07, 6.45) is 5.08. The van der Waals surface area contributed by atoms with E-state index in [-0.39, 0.29) is 24.0 Å². The third kappa shape index (κ3) is 3.31. The van der Waals surface area contributed by atoms with Crippen LogP contribution in [0.1, 0.15) is 24.8 Å². The first kappa shape index (κ1) is 15.5. The lowest BCUT2D eigenvalue weighted by molar-refractivity contribution is -0.159. The molecule has 3 rings (SSSR count). The fourth-order valence-corrected chi connectivity index (χ4v) is 2.99. The van der Waals surface area contributed by atoms with Crippen LogP contribution in [0.4, 0.5) is 0 Å². The normalized spacial score (nSPS) is 26.0. The number of amides is 1. The highest BCUT2D eigenvalue weighted by Gasteiger charge is 2.41. The minimum absolute atomic E-state index is 0.130. The lowest BCUT2D eigenvalue weighted by Crippen LogP contribution is -2.57. The number of H-pyrrole nitrogens is 1. The molecule has 1 aromatic heterocycles. The predicted molar refractivity (Wildman–Crippen MR) is 78.2 cm³/mol. The summed E-state index contributed by atoms with van der Waals surface area (Å²) >= 11 is 0. The first-order valence-electron chi connectivity index (χ1n) is 7.80. The summed E-state index contributed by atoms with van der Waals surface area (Å²) in [7, 11) is 1.65. The van der Waals surface area contributed by atoms with Crippen molar-refractivity contribution in [3.05, 3.63) is 18.2 Å². The van der Waals surface area contributed by atoms with Gasteiger partial charge >= 0.3 is 0 Å². The van der Waals surface area contributed by atoms with Crippen molar-refractivity contribution in [2.75, 3.05) is 40.0 Å². The molecular weight excluding hydrogens is 286 g/mol. The highest BCUT2D eigenvalue weighted by Crippen LogP contribution is 2.34. The number of rotatable bonds is 6. The zero-order valence-corrected chi connectivity index (χ0v) is 12.9. The van der Waals surface area contributed by atoms with Gasteiger partial charge in [0, 0.05) is 39.2 Å². The van der Waals surface area contributed by atoms with Gasteiger partial charge in [0.15, 0.2) is 0 Å². The van der Waals surface area contributed by atoms with Crippen LogP contribution >= 0.6 is 0 Å². The van der Waals surface area contributed by atoms with Crippen LogP contribution < -0.4 is 0 Å². The molecule has 0 spiro atoms. The maximum Gasteiger partial charge on any atom is 0.228 e. The van der Waals surface area contributed by atoms with Crippen LogP contribution in [0.3, 0.4) is 0 Å². The fourth-order valence-electron chi connectivity index (χ4n) is 2.99. The van der Waals surface area contributed by atoms with Gasteiger partial charge in [-0.05, 0) is 12.8 Å². The van der Waals surface area contributed by atoms with Crippen molar-refractivity contribution >= 4 is 5.91 Å². The highest BCUT2D eigenvalue weighted by molar-refractivity contribution is 5.80. The molecule has 2 fully saturated rings. The van der Waals surface area contributed by atoms with Crippen molar-refractivity contribution in [3.8, 4) is 0 Å². The molecule has 0 unspecified atom stereocenters. The minimum Gasteiger partial charge on any atom is -0.382 e. The molecule has 7 nitrogen and oxygen atoms in total. The molecule has 0 bridgehead atoms. The number of aromatic amines is 1. The molecular formula is C15H23N3O4. The Morgan fingerprint density at radius 3 is 3.09 bits per heavy atom. The second-order valence-corrected chi connectivity index (χ2v) is 5.74. The summed E-state index contributed by atoms with van der Waals surface area (Å²) in [5.41, 5.74) is 0. The molecule has 22 heavy (non-hydrogen) atoms. The third-order valence-electron chi connectivity index (χ3n) is 4.23. The average molecular weight is 309 g/mol. The van der Waals surface area contributed by atoms with Crippen molar-refractivity contribution in [2.24, 2.45) is 5.92 Å².